The predicted octanol–water partition coefficient (Wildman–Crippen LogP) is 1.03. The van der Waals surface area contributed by atoms with E-state index in [-0.39, 0.29) is 4.90 Å². The standard InChI is InChI=1S/C12H16N4O2S/c13-19(17,18)12-4-2-11(3-5-12)15-6-1-8-16-9-7-14-10-16/h2-5,7,9-10,15H,1,6,8H2,(H2,13,17,18). The van der Waals surface area contributed by atoms with E-state index in [0.717, 1.165) is 25.2 Å². The normalized spacial score (nSPS) is 11.4. The summed E-state index contributed by atoms with van der Waals surface area (Å²) in [6.07, 6.45) is 6.40. The van der Waals surface area contributed by atoms with Crippen LogP contribution in [-0.2, 0) is 16.6 Å². The minimum Gasteiger partial charge on any atom is -0.385 e. The van der Waals surface area contributed by atoms with Crippen LogP contribution in [0, 0.1) is 0 Å². The summed E-state index contributed by atoms with van der Waals surface area (Å²) in [7, 11) is -3.61. The number of sulfonamides is 1. The molecule has 0 aliphatic carbocycles. The number of hydrogen-bond acceptors (Lipinski definition) is 4. The number of primary sulfonamides is 1. The molecule has 2 rings (SSSR count). The minimum absolute atomic E-state index is 0.122. The Hall–Kier alpha value is -1.86. The number of imidazole rings is 1. The van der Waals surface area contributed by atoms with Gasteiger partial charge in [0.2, 0.25) is 10.0 Å². The molecule has 0 saturated heterocycles. The topological polar surface area (TPSA) is 90.0 Å². The number of nitrogens with two attached hydrogens (primary N) is 1. The molecule has 0 saturated carbocycles. The summed E-state index contributed by atoms with van der Waals surface area (Å²) in [6, 6.07) is 6.40. The molecule has 19 heavy (non-hydrogen) atoms. The van der Waals surface area contributed by atoms with Gasteiger partial charge in [-0.15, -0.1) is 0 Å². The summed E-state index contributed by atoms with van der Waals surface area (Å²) in [4.78, 5) is 4.09. The molecule has 0 aliphatic rings. The van der Waals surface area contributed by atoms with E-state index < -0.39 is 10.0 Å². The fraction of sp³-hybridized carbons (Fsp3) is 0.250. The first-order chi connectivity index (χ1) is 9.05. The van der Waals surface area contributed by atoms with Crippen molar-refractivity contribution < 1.29 is 8.42 Å². The zero-order valence-corrected chi connectivity index (χ0v) is 11.2. The van der Waals surface area contributed by atoms with Gasteiger partial charge in [-0.3, -0.25) is 0 Å². The van der Waals surface area contributed by atoms with E-state index in [4.69, 9.17) is 5.14 Å². The quantitative estimate of drug-likeness (QED) is 0.773. The molecule has 2 aromatic rings. The van der Waals surface area contributed by atoms with Gasteiger partial charge in [0.05, 0.1) is 11.2 Å². The van der Waals surface area contributed by atoms with Gasteiger partial charge in [0, 0.05) is 31.2 Å². The number of anilines is 1. The number of aromatic nitrogens is 2. The van der Waals surface area contributed by atoms with Gasteiger partial charge in [-0.25, -0.2) is 18.5 Å². The molecular weight excluding hydrogens is 264 g/mol. The zero-order chi connectivity index (χ0) is 13.7. The second kappa shape index (κ2) is 5.85. The van der Waals surface area contributed by atoms with E-state index in [9.17, 15) is 8.42 Å². The smallest absolute Gasteiger partial charge is 0.238 e. The van der Waals surface area contributed by atoms with Crippen molar-refractivity contribution in [3.05, 3.63) is 43.0 Å². The van der Waals surface area contributed by atoms with Crippen molar-refractivity contribution in [2.45, 2.75) is 17.9 Å². The first-order valence-corrected chi connectivity index (χ1v) is 7.43. The van der Waals surface area contributed by atoms with E-state index >= 15 is 0 Å². The lowest BCUT2D eigenvalue weighted by Gasteiger charge is -2.07. The van der Waals surface area contributed by atoms with Crippen LogP contribution in [-0.4, -0.2) is 24.5 Å². The summed E-state index contributed by atoms with van der Waals surface area (Å²) in [5.74, 6) is 0. The Morgan fingerprint density at radius 1 is 1.26 bits per heavy atom. The molecule has 6 nitrogen and oxygen atoms in total. The molecule has 0 radical (unpaired) electrons. The summed E-state index contributed by atoms with van der Waals surface area (Å²) < 4.78 is 24.2. The van der Waals surface area contributed by atoms with Gasteiger partial charge in [-0.2, -0.15) is 0 Å². The maximum atomic E-state index is 11.1. The fourth-order valence-corrected chi connectivity index (χ4v) is 2.19. The predicted molar refractivity (Wildman–Crippen MR) is 73.1 cm³/mol. The lowest BCUT2D eigenvalue weighted by molar-refractivity contribution is 0.598. The van der Waals surface area contributed by atoms with Crippen LogP contribution < -0.4 is 10.5 Å². The van der Waals surface area contributed by atoms with Crippen LogP contribution >= 0.6 is 0 Å². The van der Waals surface area contributed by atoms with E-state index in [1.54, 1.807) is 24.7 Å². The summed E-state index contributed by atoms with van der Waals surface area (Å²) >= 11 is 0. The number of aryl methyl sites for hydroxylation is 1. The largest absolute Gasteiger partial charge is 0.385 e. The molecule has 102 valence electrons. The Bertz CT molecular complexity index is 606. The van der Waals surface area contributed by atoms with E-state index in [1.807, 2.05) is 10.8 Å². The van der Waals surface area contributed by atoms with Crippen LogP contribution in [0.5, 0.6) is 0 Å². The first kappa shape index (κ1) is 13.6. The molecule has 0 fully saturated rings. The van der Waals surface area contributed by atoms with E-state index in [0.29, 0.717) is 0 Å². The third-order valence-electron chi connectivity index (χ3n) is 2.66. The molecule has 1 aromatic heterocycles. The van der Waals surface area contributed by atoms with Crippen LogP contribution in [0.25, 0.3) is 0 Å². The van der Waals surface area contributed by atoms with Crippen LogP contribution in [0.2, 0.25) is 0 Å². The van der Waals surface area contributed by atoms with Crippen molar-refractivity contribution in [1.29, 1.82) is 0 Å². The first-order valence-electron chi connectivity index (χ1n) is 5.88. The van der Waals surface area contributed by atoms with Gasteiger partial charge >= 0.3 is 0 Å². The van der Waals surface area contributed by atoms with Gasteiger partial charge in [-0.05, 0) is 30.7 Å². The molecule has 1 heterocycles. The fourth-order valence-electron chi connectivity index (χ4n) is 1.68. The molecular formula is C12H16N4O2S. The van der Waals surface area contributed by atoms with Gasteiger partial charge < -0.3 is 9.88 Å². The molecule has 0 spiro atoms. The minimum atomic E-state index is -3.61. The number of hydrogen-bond donors (Lipinski definition) is 2. The average Bonchev–Trinajstić information content (AvgIpc) is 2.87. The summed E-state index contributed by atoms with van der Waals surface area (Å²) in [5.41, 5.74) is 0.873. The highest BCUT2D eigenvalue weighted by Gasteiger charge is 2.06. The maximum absolute atomic E-state index is 11.1. The molecule has 1 aromatic carbocycles. The molecule has 0 amide bonds. The van der Waals surface area contributed by atoms with Crippen molar-refractivity contribution in [2.24, 2.45) is 5.14 Å². The van der Waals surface area contributed by atoms with Crippen molar-refractivity contribution in [1.82, 2.24) is 9.55 Å². The Kier molecular flexibility index (Phi) is 4.18. The summed E-state index contributed by atoms with van der Waals surface area (Å²) in [5, 5.41) is 8.24. The zero-order valence-electron chi connectivity index (χ0n) is 10.4. The Labute approximate surface area is 112 Å². The molecule has 0 unspecified atom stereocenters. The van der Waals surface area contributed by atoms with Gasteiger partial charge in [0.25, 0.3) is 0 Å². The van der Waals surface area contributed by atoms with E-state index in [2.05, 4.69) is 10.3 Å². The maximum Gasteiger partial charge on any atom is 0.238 e. The number of nitrogens with zero attached hydrogens (tertiary/aromatic N) is 2. The third-order valence-corrected chi connectivity index (χ3v) is 3.59. The Balaban J connectivity index is 1.80. The number of benzene rings is 1. The van der Waals surface area contributed by atoms with Crippen molar-refractivity contribution in [3.8, 4) is 0 Å². The molecule has 0 aliphatic heterocycles. The lowest BCUT2D eigenvalue weighted by Crippen LogP contribution is -2.12. The van der Waals surface area contributed by atoms with Crippen molar-refractivity contribution in [3.63, 3.8) is 0 Å². The highest BCUT2D eigenvalue weighted by molar-refractivity contribution is 7.89. The Morgan fingerprint density at radius 2 is 2.00 bits per heavy atom. The van der Waals surface area contributed by atoms with E-state index in [1.165, 1.54) is 12.1 Å². The average molecular weight is 280 g/mol. The van der Waals surface area contributed by atoms with Gasteiger partial charge in [-0.1, -0.05) is 0 Å². The second-order valence-electron chi connectivity index (χ2n) is 4.15. The molecule has 3 N–H and O–H groups in total. The van der Waals surface area contributed by atoms with Gasteiger partial charge in [0.15, 0.2) is 0 Å². The SMILES string of the molecule is NS(=O)(=O)c1ccc(NCCCn2ccnc2)cc1. The van der Waals surface area contributed by atoms with Crippen LogP contribution in [0.15, 0.2) is 47.9 Å². The monoisotopic (exact) mass is 280 g/mol. The second-order valence-corrected chi connectivity index (χ2v) is 5.71. The van der Waals surface area contributed by atoms with Crippen molar-refractivity contribution >= 4 is 15.7 Å². The highest BCUT2D eigenvalue weighted by atomic mass is 32.2. The molecule has 0 bridgehead atoms. The number of rotatable bonds is 6. The van der Waals surface area contributed by atoms with Crippen LogP contribution in [0.3, 0.4) is 0 Å². The van der Waals surface area contributed by atoms with Crippen molar-refractivity contribution in [2.75, 3.05) is 11.9 Å². The molecule has 7 heteroatoms. The van der Waals surface area contributed by atoms with Crippen LogP contribution in [0.1, 0.15) is 6.42 Å². The van der Waals surface area contributed by atoms with Crippen LogP contribution in [0.4, 0.5) is 5.69 Å². The highest BCUT2D eigenvalue weighted by Crippen LogP contribution is 2.12. The number of nitrogens with one attached hydrogen (secondary N) is 1. The van der Waals surface area contributed by atoms with Gasteiger partial charge in [0.1, 0.15) is 0 Å². The summed E-state index contributed by atoms with van der Waals surface area (Å²) in [6.45, 7) is 1.69. The lowest BCUT2D eigenvalue weighted by atomic mass is 10.3. The third kappa shape index (κ3) is 4.08. The Morgan fingerprint density at radius 3 is 2.58 bits per heavy atom. The molecule has 0 atom stereocenters.